The molecule has 0 amide bonds. The fourth-order valence-corrected chi connectivity index (χ4v) is 6.72. The molecule has 0 atom stereocenters. The van der Waals surface area contributed by atoms with Gasteiger partial charge in [0.2, 0.25) is 0 Å². The number of esters is 1. The molecule has 31 heavy (non-hydrogen) atoms. The molecule has 0 fully saturated rings. The van der Waals surface area contributed by atoms with Crippen LogP contribution in [0, 0.1) is 6.92 Å². The molecule has 0 saturated heterocycles. The van der Waals surface area contributed by atoms with Crippen LogP contribution in [0.4, 0.5) is 0 Å². The van der Waals surface area contributed by atoms with E-state index in [9.17, 15) is 4.79 Å². The summed E-state index contributed by atoms with van der Waals surface area (Å²) in [6.45, 7) is 15.0. The molecule has 164 valence electrons. The standard InChI is InChI=1S/C27H33NO2S/c1-8-28-20(18-9-11-19(12-10-18)25(29)30-7)13-14-21(28)23-17(2)22-24(31-23)27(5,6)16-15-26(22,3)4/h9-14H,8,15-16H2,1-7H3. The van der Waals surface area contributed by atoms with Crippen LogP contribution >= 0.6 is 11.3 Å². The quantitative estimate of drug-likeness (QED) is 0.401. The van der Waals surface area contributed by atoms with Gasteiger partial charge in [-0.25, -0.2) is 4.79 Å². The van der Waals surface area contributed by atoms with Crippen molar-refractivity contribution in [2.45, 2.75) is 71.8 Å². The zero-order valence-corrected chi connectivity index (χ0v) is 20.6. The topological polar surface area (TPSA) is 31.2 Å². The normalized spacial score (nSPS) is 16.7. The maximum Gasteiger partial charge on any atom is 0.337 e. The minimum Gasteiger partial charge on any atom is -0.465 e. The van der Waals surface area contributed by atoms with E-state index in [1.165, 1.54) is 41.8 Å². The Bertz CT molecular complexity index is 1130. The summed E-state index contributed by atoms with van der Waals surface area (Å²) in [4.78, 5) is 14.7. The number of nitrogens with zero attached hydrogens (tertiary/aromatic N) is 1. The van der Waals surface area contributed by atoms with E-state index in [-0.39, 0.29) is 16.8 Å². The Morgan fingerprint density at radius 2 is 1.61 bits per heavy atom. The predicted molar refractivity (Wildman–Crippen MR) is 130 cm³/mol. The van der Waals surface area contributed by atoms with Crippen LogP contribution in [0.25, 0.3) is 21.8 Å². The first-order chi connectivity index (χ1) is 14.6. The van der Waals surface area contributed by atoms with Crippen molar-refractivity contribution < 1.29 is 9.53 Å². The summed E-state index contributed by atoms with van der Waals surface area (Å²) in [5, 5.41) is 0. The fourth-order valence-electron chi connectivity index (χ4n) is 5.07. The van der Waals surface area contributed by atoms with Crippen LogP contribution in [0.15, 0.2) is 36.4 Å². The van der Waals surface area contributed by atoms with E-state index in [2.05, 4.69) is 58.2 Å². The van der Waals surface area contributed by atoms with Gasteiger partial charge in [-0.1, -0.05) is 39.8 Å². The van der Waals surface area contributed by atoms with E-state index in [0.29, 0.717) is 5.56 Å². The average molecular weight is 436 g/mol. The van der Waals surface area contributed by atoms with Crippen molar-refractivity contribution in [2.75, 3.05) is 7.11 Å². The highest BCUT2D eigenvalue weighted by Gasteiger charge is 2.41. The number of carbonyl (C=O) groups excluding carboxylic acids is 1. The van der Waals surface area contributed by atoms with Gasteiger partial charge in [-0.05, 0) is 78.5 Å². The third-order valence-electron chi connectivity index (χ3n) is 6.94. The van der Waals surface area contributed by atoms with Crippen molar-refractivity contribution in [3.8, 4) is 21.8 Å². The number of benzene rings is 1. The van der Waals surface area contributed by atoms with Gasteiger partial charge in [-0.3, -0.25) is 0 Å². The highest BCUT2D eigenvalue weighted by molar-refractivity contribution is 7.16. The molecule has 1 aromatic carbocycles. The van der Waals surface area contributed by atoms with Crippen molar-refractivity contribution >= 4 is 17.3 Å². The van der Waals surface area contributed by atoms with Crippen LogP contribution in [-0.4, -0.2) is 17.6 Å². The molecule has 0 unspecified atom stereocenters. The molecular weight excluding hydrogens is 402 g/mol. The van der Waals surface area contributed by atoms with E-state index in [4.69, 9.17) is 4.74 Å². The van der Waals surface area contributed by atoms with Gasteiger partial charge in [-0.2, -0.15) is 0 Å². The number of hydrogen-bond acceptors (Lipinski definition) is 3. The van der Waals surface area contributed by atoms with E-state index in [0.717, 1.165) is 12.1 Å². The Hall–Kier alpha value is -2.33. The Kier molecular flexibility index (Phi) is 5.41. The maximum atomic E-state index is 11.8. The summed E-state index contributed by atoms with van der Waals surface area (Å²) in [7, 11) is 1.41. The number of carbonyl (C=O) groups is 1. The van der Waals surface area contributed by atoms with E-state index < -0.39 is 0 Å². The van der Waals surface area contributed by atoms with Gasteiger partial charge in [0, 0.05) is 17.1 Å². The summed E-state index contributed by atoms with van der Waals surface area (Å²) in [5.41, 5.74) is 7.62. The van der Waals surface area contributed by atoms with Gasteiger partial charge in [-0.15, -0.1) is 11.3 Å². The summed E-state index contributed by atoms with van der Waals surface area (Å²) < 4.78 is 7.23. The lowest BCUT2D eigenvalue weighted by atomic mass is 9.66. The van der Waals surface area contributed by atoms with Crippen LogP contribution in [0.2, 0.25) is 0 Å². The lowest BCUT2D eigenvalue weighted by Crippen LogP contribution is -2.32. The van der Waals surface area contributed by atoms with Crippen molar-refractivity contribution in [3.63, 3.8) is 0 Å². The first kappa shape index (κ1) is 21.9. The Balaban J connectivity index is 1.82. The average Bonchev–Trinajstić information content (AvgIpc) is 3.33. The summed E-state index contributed by atoms with van der Waals surface area (Å²) in [5.74, 6) is -0.303. The third-order valence-corrected chi connectivity index (χ3v) is 8.62. The molecule has 0 aliphatic heterocycles. The molecule has 0 radical (unpaired) electrons. The van der Waals surface area contributed by atoms with Gasteiger partial charge >= 0.3 is 5.97 Å². The number of fused-ring (bicyclic) bond motifs is 1. The van der Waals surface area contributed by atoms with Gasteiger partial charge in [0.05, 0.1) is 23.2 Å². The number of ether oxygens (including phenoxy) is 1. The van der Waals surface area contributed by atoms with Gasteiger partial charge < -0.3 is 9.30 Å². The monoisotopic (exact) mass is 435 g/mol. The van der Waals surface area contributed by atoms with Crippen molar-refractivity contribution in [1.82, 2.24) is 4.57 Å². The van der Waals surface area contributed by atoms with Crippen LogP contribution in [-0.2, 0) is 22.1 Å². The lowest BCUT2D eigenvalue weighted by Gasteiger charge is -2.39. The smallest absolute Gasteiger partial charge is 0.337 e. The van der Waals surface area contributed by atoms with Gasteiger partial charge in [0.1, 0.15) is 0 Å². The van der Waals surface area contributed by atoms with E-state index in [1.54, 1.807) is 10.4 Å². The van der Waals surface area contributed by atoms with Gasteiger partial charge in [0.25, 0.3) is 0 Å². The first-order valence-electron chi connectivity index (χ1n) is 11.1. The minimum absolute atomic E-state index is 0.222. The van der Waals surface area contributed by atoms with Crippen LogP contribution in [0.1, 0.15) is 73.8 Å². The molecule has 2 heterocycles. The fraction of sp³-hybridized carbons (Fsp3) is 0.444. The van der Waals surface area contributed by atoms with E-state index >= 15 is 0 Å². The lowest BCUT2D eigenvalue weighted by molar-refractivity contribution is 0.0600. The number of methoxy groups -OCH3 is 1. The molecule has 3 aromatic rings. The van der Waals surface area contributed by atoms with Gasteiger partial charge in [0.15, 0.2) is 0 Å². The molecule has 3 nitrogen and oxygen atoms in total. The molecule has 2 aromatic heterocycles. The second kappa shape index (κ2) is 7.67. The number of thiophene rings is 1. The SMILES string of the molecule is CCn1c(-c2ccc(C(=O)OC)cc2)ccc1-c1sc2c(c1C)C(C)(C)CCC2(C)C. The van der Waals surface area contributed by atoms with Crippen molar-refractivity contribution in [2.24, 2.45) is 0 Å². The molecule has 4 heteroatoms. The zero-order valence-electron chi connectivity index (χ0n) is 19.8. The number of hydrogen-bond donors (Lipinski definition) is 0. The Morgan fingerprint density at radius 1 is 1.00 bits per heavy atom. The van der Waals surface area contributed by atoms with Crippen molar-refractivity contribution in [3.05, 3.63) is 58.0 Å². The molecule has 4 rings (SSSR count). The molecule has 0 bridgehead atoms. The van der Waals surface area contributed by atoms with Crippen LogP contribution in [0.5, 0.6) is 0 Å². The minimum atomic E-state index is -0.303. The predicted octanol–water partition coefficient (Wildman–Crippen LogP) is 7.35. The molecule has 0 spiro atoms. The highest BCUT2D eigenvalue weighted by Crippen LogP contribution is 2.53. The molecule has 1 aliphatic carbocycles. The largest absolute Gasteiger partial charge is 0.465 e. The summed E-state index contributed by atoms with van der Waals surface area (Å²) >= 11 is 1.99. The second-order valence-electron chi connectivity index (χ2n) is 9.95. The van der Waals surface area contributed by atoms with Crippen molar-refractivity contribution in [1.29, 1.82) is 0 Å². The van der Waals surface area contributed by atoms with Crippen LogP contribution in [0.3, 0.4) is 0 Å². The Labute approximate surface area is 190 Å². The maximum absolute atomic E-state index is 11.8. The number of aromatic nitrogens is 1. The summed E-state index contributed by atoms with van der Waals surface area (Å²) in [6.07, 6.45) is 2.47. The first-order valence-corrected chi connectivity index (χ1v) is 12.0. The third kappa shape index (κ3) is 3.55. The summed E-state index contributed by atoms with van der Waals surface area (Å²) in [6, 6.07) is 12.2. The Morgan fingerprint density at radius 3 is 2.19 bits per heavy atom. The molecule has 0 N–H and O–H groups in total. The zero-order chi connectivity index (χ0) is 22.6. The molecule has 0 saturated carbocycles. The van der Waals surface area contributed by atoms with Crippen LogP contribution < -0.4 is 0 Å². The molecule has 1 aliphatic rings. The highest BCUT2D eigenvalue weighted by atomic mass is 32.1. The second-order valence-corrected chi connectivity index (χ2v) is 11.0. The molecular formula is C27H33NO2S. The van der Waals surface area contributed by atoms with E-state index in [1.807, 2.05) is 35.6 Å². The number of rotatable bonds is 4.